The van der Waals surface area contributed by atoms with E-state index >= 15 is 0 Å². The van der Waals surface area contributed by atoms with Crippen LogP contribution >= 0.6 is 11.3 Å². The highest BCUT2D eigenvalue weighted by atomic mass is 32.1. The van der Waals surface area contributed by atoms with E-state index in [0.29, 0.717) is 17.9 Å². The van der Waals surface area contributed by atoms with Crippen LogP contribution in [0.25, 0.3) is 10.4 Å². The molecule has 4 nitrogen and oxygen atoms in total. The third-order valence-electron chi connectivity index (χ3n) is 4.52. The minimum atomic E-state index is -0.151. The summed E-state index contributed by atoms with van der Waals surface area (Å²) in [6, 6.07) is 19.2. The first-order valence-electron chi connectivity index (χ1n) is 9.08. The topological polar surface area (TPSA) is 47.6 Å². The highest BCUT2D eigenvalue weighted by Gasteiger charge is 2.16. The van der Waals surface area contributed by atoms with E-state index in [4.69, 9.17) is 9.47 Å². The number of carbonyl (C=O) groups is 1. The summed E-state index contributed by atoms with van der Waals surface area (Å²) in [5.41, 5.74) is 2.39. The monoisotopic (exact) mass is 379 g/mol. The molecular formula is C22H21NO3S. The number of rotatable bonds is 6. The van der Waals surface area contributed by atoms with Gasteiger partial charge in [-0.05, 0) is 48.6 Å². The number of thiophene rings is 1. The molecule has 0 aliphatic carbocycles. The van der Waals surface area contributed by atoms with Gasteiger partial charge in [-0.2, -0.15) is 0 Å². The molecule has 1 aliphatic rings. The zero-order valence-electron chi connectivity index (χ0n) is 14.9. The zero-order valence-corrected chi connectivity index (χ0v) is 15.7. The molecule has 5 heteroatoms. The van der Waals surface area contributed by atoms with Gasteiger partial charge in [0.25, 0.3) is 5.91 Å². The van der Waals surface area contributed by atoms with Gasteiger partial charge in [-0.1, -0.05) is 30.3 Å². The van der Waals surface area contributed by atoms with Crippen molar-refractivity contribution in [2.75, 3.05) is 18.5 Å². The lowest BCUT2D eigenvalue weighted by atomic mass is 10.1. The van der Waals surface area contributed by atoms with Gasteiger partial charge in [-0.25, -0.2) is 0 Å². The Morgan fingerprint density at radius 1 is 1.15 bits per heavy atom. The molecule has 1 unspecified atom stereocenters. The quantitative estimate of drug-likeness (QED) is 0.638. The van der Waals surface area contributed by atoms with E-state index in [0.717, 1.165) is 35.6 Å². The third-order valence-corrected chi connectivity index (χ3v) is 5.42. The molecule has 2 heterocycles. The summed E-state index contributed by atoms with van der Waals surface area (Å²) >= 11 is 1.65. The molecule has 0 bridgehead atoms. The number of benzene rings is 2. The largest absolute Gasteiger partial charge is 0.491 e. The number of amides is 1. The van der Waals surface area contributed by atoms with Crippen molar-refractivity contribution >= 4 is 22.9 Å². The maximum absolute atomic E-state index is 12.8. The molecule has 2 aromatic carbocycles. The summed E-state index contributed by atoms with van der Waals surface area (Å²) in [6.07, 6.45) is 2.26. The van der Waals surface area contributed by atoms with Crippen molar-refractivity contribution in [1.29, 1.82) is 0 Å². The Morgan fingerprint density at radius 2 is 2.07 bits per heavy atom. The lowest BCUT2D eigenvalue weighted by molar-refractivity contribution is 0.0679. The normalized spacial score (nSPS) is 16.2. The second-order valence-corrected chi connectivity index (χ2v) is 7.40. The van der Waals surface area contributed by atoms with Crippen LogP contribution in [-0.2, 0) is 4.74 Å². The Morgan fingerprint density at radius 3 is 2.89 bits per heavy atom. The number of anilines is 1. The summed E-state index contributed by atoms with van der Waals surface area (Å²) in [4.78, 5) is 13.9. The second kappa shape index (κ2) is 8.37. The van der Waals surface area contributed by atoms with Crippen LogP contribution in [0.1, 0.15) is 23.2 Å². The van der Waals surface area contributed by atoms with Crippen molar-refractivity contribution in [2.24, 2.45) is 0 Å². The Kier molecular flexibility index (Phi) is 5.51. The average Bonchev–Trinajstić information content (AvgIpc) is 3.41. The van der Waals surface area contributed by atoms with Crippen LogP contribution in [0, 0.1) is 0 Å². The van der Waals surface area contributed by atoms with Gasteiger partial charge in [0.15, 0.2) is 0 Å². The fourth-order valence-corrected chi connectivity index (χ4v) is 3.89. The van der Waals surface area contributed by atoms with Crippen LogP contribution in [0.2, 0.25) is 0 Å². The fraction of sp³-hybridized carbons (Fsp3) is 0.227. The van der Waals surface area contributed by atoms with E-state index in [1.807, 2.05) is 47.8 Å². The predicted molar refractivity (Wildman–Crippen MR) is 109 cm³/mol. The molecule has 1 aliphatic heterocycles. The summed E-state index contributed by atoms with van der Waals surface area (Å²) < 4.78 is 11.4. The van der Waals surface area contributed by atoms with Crippen molar-refractivity contribution in [3.8, 4) is 16.2 Å². The molecule has 4 rings (SSSR count). The van der Waals surface area contributed by atoms with Gasteiger partial charge < -0.3 is 14.8 Å². The van der Waals surface area contributed by atoms with Crippen molar-refractivity contribution in [3.05, 3.63) is 71.6 Å². The summed E-state index contributed by atoms with van der Waals surface area (Å²) in [7, 11) is 0. The third kappa shape index (κ3) is 4.38. The fourth-order valence-electron chi connectivity index (χ4n) is 3.13. The highest BCUT2D eigenvalue weighted by Crippen LogP contribution is 2.31. The van der Waals surface area contributed by atoms with Crippen LogP contribution in [0.5, 0.6) is 5.75 Å². The van der Waals surface area contributed by atoms with Gasteiger partial charge in [-0.15, -0.1) is 11.3 Å². The molecule has 1 saturated heterocycles. The maximum atomic E-state index is 12.8. The molecule has 1 N–H and O–H groups in total. The van der Waals surface area contributed by atoms with Gasteiger partial charge >= 0.3 is 0 Å². The van der Waals surface area contributed by atoms with E-state index in [-0.39, 0.29) is 12.0 Å². The maximum Gasteiger partial charge on any atom is 0.255 e. The number of carbonyl (C=O) groups excluding carboxylic acids is 1. The molecule has 1 aromatic heterocycles. The predicted octanol–water partition coefficient (Wildman–Crippen LogP) is 5.23. The van der Waals surface area contributed by atoms with Crippen molar-refractivity contribution < 1.29 is 14.3 Å². The Hall–Kier alpha value is -2.63. The molecule has 3 aromatic rings. The zero-order chi connectivity index (χ0) is 18.5. The SMILES string of the molecule is O=C(Nc1ccccc1-c1cccs1)c1cccc(OCC2CCCO2)c1. The van der Waals surface area contributed by atoms with Crippen LogP contribution in [-0.4, -0.2) is 25.2 Å². The van der Waals surface area contributed by atoms with Gasteiger partial charge in [-0.3, -0.25) is 4.79 Å². The number of hydrogen-bond donors (Lipinski definition) is 1. The number of nitrogens with one attached hydrogen (secondary N) is 1. The molecule has 27 heavy (non-hydrogen) atoms. The van der Waals surface area contributed by atoms with Crippen molar-refractivity contribution in [3.63, 3.8) is 0 Å². The van der Waals surface area contributed by atoms with Crippen LogP contribution < -0.4 is 10.1 Å². The molecule has 0 spiro atoms. The number of ether oxygens (including phenoxy) is 2. The van der Waals surface area contributed by atoms with E-state index in [2.05, 4.69) is 11.4 Å². The average molecular weight is 379 g/mol. The van der Waals surface area contributed by atoms with Gasteiger partial charge in [0.2, 0.25) is 0 Å². The van der Waals surface area contributed by atoms with E-state index in [1.54, 1.807) is 23.5 Å². The molecule has 1 amide bonds. The van der Waals surface area contributed by atoms with Crippen molar-refractivity contribution in [2.45, 2.75) is 18.9 Å². The molecule has 0 radical (unpaired) electrons. The molecule has 0 saturated carbocycles. The first kappa shape index (κ1) is 17.8. The van der Waals surface area contributed by atoms with Gasteiger partial charge in [0, 0.05) is 28.3 Å². The standard InChI is InChI=1S/C22H21NO3S/c24-22(23-20-10-2-1-9-19(20)21-11-5-13-27-21)16-6-3-7-17(14-16)26-15-18-8-4-12-25-18/h1-3,5-7,9-11,13-14,18H,4,8,12,15H2,(H,23,24). The smallest absolute Gasteiger partial charge is 0.255 e. The summed E-state index contributed by atoms with van der Waals surface area (Å²) in [5, 5.41) is 5.06. The van der Waals surface area contributed by atoms with Gasteiger partial charge in [0.05, 0.1) is 6.10 Å². The van der Waals surface area contributed by atoms with Crippen LogP contribution in [0.3, 0.4) is 0 Å². The summed E-state index contributed by atoms with van der Waals surface area (Å²) in [6.45, 7) is 1.33. The Labute approximate surface area is 162 Å². The second-order valence-electron chi connectivity index (χ2n) is 6.45. The first-order chi connectivity index (χ1) is 13.3. The molecule has 138 valence electrons. The Bertz CT molecular complexity index is 901. The summed E-state index contributed by atoms with van der Waals surface area (Å²) in [5.74, 6) is 0.534. The minimum Gasteiger partial charge on any atom is -0.491 e. The van der Waals surface area contributed by atoms with E-state index in [1.165, 1.54) is 0 Å². The first-order valence-corrected chi connectivity index (χ1v) is 9.96. The lowest BCUT2D eigenvalue weighted by Gasteiger charge is -2.13. The lowest BCUT2D eigenvalue weighted by Crippen LogP contribution is -2.17. The van der Waals surface area contributed by atoms with Crippen molar-refractivity contribution in [1.82, 2.24) is 0 Å². The van der Waals surface area contributed by atoms with Gasteiger partial charge in [0.1, 0.15) is 12.4 Å². The minimum absolute atomic E-state index is 0.151. The van der Waals surface area contributed by atoms with Crippen LogP contribution in [0.4, 0.5) is 5.69 Å². The molecule has 1 atom stereocenters. The van der Waals surface area contributed by atoms with E-state index in [9.17, 15) is 4.79 Å². The Balaban J connectivity index is 1.46. The molecular weight excluding hydrogens is 358 g/mol. The van der Waals surface area contributed by atoms with E-state index < -0.39 is 0 Å². The number of hydrogen-bond acceptors (Lipinski definition) is 4. The number of para-hydroxylation sites is 1. The molecule has 1 fully saturated rings. The van der Waals surface area contributed by atoms with Crippen LogP contribution in [0.15, 0.2) is 66.0 Å². The highest BCUT2D eigenvalue weighted by molar-refractivity contribution is 7.13.